The molecule has 2 fully saturated rings. The highest BCUT2D eigenvalue weighted by atomic mass is 32.2. The molecule has 216 valence electrons. The van der Waals surface area contributed by atoms with Crippen molar-refractivity contribution in [3.05, 3.63) is 33.5 Å². The summed E-state index contributed by atoms with van der Waals surface area (Å²) in [5.41, 5.74) is -0.172. The van der Waals surface area contributed by atoms with E-state index in [9.17, 15) is 19.5 Å². The number of rotatable bonds is 8. The third-order valence-corrected chi connectivity index (χ3v) is 10.1. The van der Waals surface area contributed by atoms with E-state index in [0.717, 1.165) is 49.2 Å². The van der Waals surface area contributed by atoms with Gasteiger partial charge < -0.3 is 24.1 Å². The molecule has 0 amide bonds. The van der Waals surface area contributed by atoms with Gasteiger partial charge in [0, 0.05) is 13.7 Å². The van der Waals surface area contributed by atoms with E-state index in [1.54, 1.807) is 33.1 Å². The monoisotopic (exact) mass is 589 g/mol. The van der Waals surface area contributed by atoms with Gasteiger partial charge in [0.1, 0.15) is 11.5 Å². The molecule has 0 unspecified atom stereocenters. The number of carbonyl (C=O) groups is 3. The molecule has 1 N–H and O–H groups in total. The first-order valence-corrected chi connectivity index (χ1v) is 15.3. The number of nitrogens with zero attached hydrogens (tertiary/aromatic N) is 1. The normalized spacial score (nSPS) is 25.5. The van der Waals surface area contributed by atoms with Crippen LogP contribution in [0.2, 0.25) is 0 Å². The van der Waals surface area contributed by atoms with Crippen molar-refractivity contribution in [1.82, 2.24) is 0 Å². The number of ether oxygens (including phenoxy) is 4. The highest BCUT2D eigenvalue weighted by molar-refractivity contribution is 8.24. The van der Waals surface area contributed by atoms with Crippen molar-refractivity contribution in [2.45, 2.75) is 87.2 Å². The van der Waals surface area contributed by atoms with E-state index < -0.39 is 12.1 Å². The number of aliphatic hydroxyl groups excluding tert-OH is 1. The molecule has 1 heterocycles. The lowest BCUT2D eigenvalue weighted by Gasteiger charge is -2.26. The fourth-order valence-electron chi connectivity index (χ4n) is 5.13. The molecular weight excluding hydrogens is 554 g/mol. The molecule has 0 atom stereocenters. The van der Waals surface area contributed by atoms with Crippen molar-refractivity contribution in [2.24, 2.45) is 17.8 Å². The maximum atomic E-state index is 13.1. The molecule has 0 saturated heterocycles. The van der Waals surface area contributed by atoms with Crippen LogP contribution in [-0.2, 0) is 23.9 Å². The lowest BCUT2D eigenvalue weighted by Crippen LogP contribution is -2.28. The van der Waals surface area contributed by atoms with Gasteiger partial charge in [-0.3, -0.25) is 14.4 Å². The van der Waals surface area contributed by atoms with Crippen molar-refractivity contribution in [1.29, 1.82) is 0 Å². The smallest absolute Gasteiger partial charge is 0.338 e. The van der Waals surface area contributed by atoms with Crippen molar-refractivity contribution in [3.63, 3.8) is 0 Å². The van der Waals surface area contributed by atoms with E-state index in [0.29, 0.717) is 51.2 Å². The van der Waals surface area contributed by atoms with Gasteiger partial charge in [-0.1, -0.05) is 23.5 Å². The van der Waals surface area contributed by atoms with Crippen LogP contribution in [0.1, 0.15) is 65.2 Å². The number of esters is 3. The second-order valence-electron chi connectivity index (χ2n) is 10.6. The number of aliphatic hydroxyl groups is 1. The van der Waals surface area contributed by atoms with Crippen LogP contribution in [0.15, 0.2) is 31.9 Å². The fraction of sp³-hybridized carbons (Fsp3) is 0.586. The maximum absolute atomic E-state index is 13.1. The summed E-state index contributed by atoms with van der Waals surface area (Å²) < 4.78 is 22.8. The first-order valence-electron chi connectivity index (χ1n) is 13.7. The van der Waals surface area contributed by atoms with E-state index >= 15 is 0 Å². The van der Waals surface area contributed by atoms with E-state index in [2.05, 4.69) is 4.85 Å². The molecule has 11 heteroatoms. The number of hydrogen-bond donors (Lipinski definition) is 1. The van der Waals surface area contributed by atoms with Gasteiger partial charge in [-0.15, -0.1) is 0 Å². The molecule has 40 heavy (non-hydrogen) atoms. The van der Waals surface area contributed by atoms with E-state index in [1.165, 1.54) is 0 Å². The molecule has 1 aromatic carbocycles. The van der Waals surface area contributed by atoms with Gasteiger partial charge >= 0.3 is 17.9 Å². The molecule has 0 radical (unpaired) electrons. The summed E-state index contributed by atoms with van der Waals surface area (Å²) in [7, 11) is 1.68. The van der Waals surface area contributed by atoms with Gasteiger partial charge in [0.25, 0.3) is 5.70 Å². The standard InChI is InChI=1S/C29H35NO8S2/c1-16(2)36-28(34)23(30-3)29-39-24-21(37-26(32)18-7-5-17(15-31)6-8-18)13-14-22(25(24)40-29)38-27(33)19-9-11-20(35-4)12-10-19/h13-14,16-20,31H,5-12,15H2,1-2,4H3/b29-23+. The lowest BCUT2D eigenvalue weighted by molar-refractivity contribution is -0.142. The SMILES string of the molecule is [C-]#[N+]/C(C(=O)OC(C)C)=C1\Sc2c(OC(=O)C3CCC(CO)CC3)ccc(OC(=O)C3CCC(OC)CC3)c2S1. The minimum absolute atomic E-state index is 0.120. The summed E-state index contributed by atoms with van der Waals surface area (Å²) in [4.78, 5) is 43.2. The Bertz CT molecular complexity index is 1120. The molecule has 2 saturated carbocycles. The highest BCUT2D eigenvalue weighted by Gasteiger charge is 2.35. The number of benzene rings is 1. The average molecular weight is 590 g/mol. The van der Waals surface area contributed by atoms with Crippen LogP contribution in [-0.4, -0.2) is 48.9 Å². The third kappa shape index (κ3) is 7.21. The minimum atomic E-state index is -0.736. The molecule has 1 aliphatic heterocycles. The third-order valence-electron chi connectivity index (χ3n) is 7.47. The van der Waals surface area contributed by atoms with Crippen LogP contribution >= 0.6 is 23.5 Å². The van der Waals surface area contributed by atoms with Gasteiger partial charge in [-0.2, -0.15) is 0 Å². The molecule has 9 nitrogen and oxygen atoms in total. The topological polar surface area (TPSA) is 113 Å². The van der Waals surface area contributed by atoms with E-state index in [1.807, 2.05) is 0 Å². The largest absolute Gasteiger partial charge is 0.468 e. The molecule has 0 bridgehead atoms. The van der Waals surface area contributed by atoms with Crippen LogP contribution < -0.4 is 9.47 Å². The quantitative estimate of drug-likeness (QED) is 0.174. The summed E-state index contributed by atoms with van der Waals surface area (Å²) in [5.74, 6) is -1.15. The molecule has 0 spiro atoms. The zero-order valence-electron chi connectivity index (χ0n) is 23.0. The summed E-state index contributed by atoms with van der Waals surface area (Å²) in [6.45, 7) is 11.1. The Balaban J connectivity index is 1.59. The Morgan fingerprint density at radius 1 is 0.925 bits per heavy atom. The Hall–Kier alpha value is -2.52. The van der Waals surface area contributed by atoms with Crippen molar-refractivity contribution < 1.29 is 38.4 Å². The Kier molecular flexibility index (Phi) is 10.6. The molecule has 3 aliphatic rings. The van der Waals surface area contributed by atoms with E-state index in [4.69, 9.17) is 25.5 Å². The van der Waals surface area contributed by atoms with Crippen LogP contribution in [0.25, 0.3) is 4.85 Å². The number of methoxy groups -OCH3 is 1. The zero-order valence-corrected chi connectivity index (χ0v) is 24.6. The number of hydrogen-bond acceptors (Lipinski definition) is 10. The first kappa shape index (κ1) is 30.4. The van der Waals surface area contributed by atoms with Crippen LogP contribution in [0.3, 0.4) is 0 Å². The van der Waals surface area contributed by atoms with Crippen LogP contribution in [0, 0.1) is 24.3 Å². The molecular formula is C29H35NO8S2. The second kappa shape index (κ2) is 13.9. The maximum Gasteiger partial charge on any atom is 0.338 e. The van der Waals surface area contributed by atoms with Gasteiger partial charge in [0.15, 0.2) is 0 Å². The summed E-state index contributed by atoms with van der Waals surface area (Å²) >= 11 is 2.27. The predicted molar refractivity (Wildman–Crippen MR) is 150 cm³/mol. The van der Waals surface area contributed by atoms with Crippen molar-refractivity contribution in [2.75, 3.05) is 13.7 Å². The Morgan fingerprint density at radius 2 is 1.43 bits per heavy atom. The van der Waals surface area contributed by atoms with Crippen LogP contribution in [0.4, 0.5) is 0 Å². The summed E-state index contributed by atoms with van der Waals surface area (Å²) in [5, 5.41) is 9.41. The van der Waals surface area contributed by atoms with E-state index in [-0.39, 0.29) is 48.1 Å². The van der Waals surface area contributed by atoms with Crippen molar-refractivity contribution >= 4 is 41.4 Å². The molecule has 2 aliphatic carbocycles. The average Bonchev–Trinajstić information content (AvgIpc) is 3.40. The van der Waals surface area contributed by atoms with Gasteiger partial charge in [-0.05, 0) is 83.3 Å². The Morgan fingerprint density at radius 3 is 1.85 bits per heavy atom. The highest BCUT2D eigenvalue weighted by Crippen LogP contribution is 2.59. The summed E-state index contributed by atoms with van der Waals surface area (Å²) in [6.07, 6.45) is 5.48. The second-order valence-corrected chi connectivity index (χ2v) is 12.9. The fourth-order valence-corrected chi connectivity index (χ4v) is 7.67. The number of carbonyl (C=O) groups excluding carboxylic acids is 3. The van der Waals surface area contributed by atoms with Crippen molar-refractivity contribution in [3.8, 4) is 11.5 Å². The van der Waals surface area contributed by atoms with Gasteiger partial charge in [0.05, 0.1) is 44.6 Å². The van der Waals surface area contributed by atoms with Gasteiger partial charge in [0.2, 0.25) is 0 Å². The lowest BCUT2D eigenvalue weighted by atomic mass is 9.82. The zero-order chi connectivity index (χ0) is 28.8. The molecule has 1 aromatic rings. The minimum Gasteiger partial charge on any atom is -0.468 e. The predicted octanol–water partition coefficient (Wildman–Crippen LogP) is 5.74. The van der Waals surface area contributed by atoms with Crippen LogP contribution in [0.5, 0.6) is 11.5 Å². The summed E-state index contributed by atoms with van der Waals surface area (Å²) in [6, 6.07) is 3.20. The molecule has 4 rings (SSSR count). The number of fused-ring (bicyclic) bond motifs is 1. The number of thioether (sulfide) groups is 2. The first-order chi connectivity index (χ1) is 19.2. The molecule has 0 aromatic heterocycles. The van der Waals surface area contributed by atoms with Gasteiger partial charge in [-0.25, -0.2) is 4.85 Å². The Labute approximate surface area is 243 Å².